The van der Waals surface area contributed by atoms with Crippen molar-refractivity contribution in [1.82, 2.24) is 4.90 Å². The van der Waals surface area contributed by atoms with Crippen LogP contribution in [0.4, 0.5) is 5.69 Å². The molecule has 0 radical (unpaired) electrons. The summed E-state index contributed by atoms with van der Waals surface area (Å²) >= 11 is 1.52. The second kappa shape index (κ2) is 9.52. The number of thioether (sulfide) groups is 1. The number of rotatable bonds is 5. The number of hydrogen-bond acceptors (Lipinski definition) is 6. The van der Waals surface area contributed by atoms with Crippen LogP contribution in [0, 0.1) is 17.8 Å². The predicted octanol–water partition coefficient (Wildman–Crippen LogP) is 3.95. The van der Waals surface area contributed by atoms with Gasteiger partial charge in [-0.15, -0.1) is 11.8 Å². The van der Waals surface area contributed by atoms with Crippen molar-refractivity contribution < 1.29 is 24.2 Å². The highest BCUT2D eigenvalue weighted by molar-refractivity contribution is 8.02. The monoisotopic (exact) mass is 546 g/mol. The Morgan fingerprint density at radius 3 is 2.56 bits per heavy atom. The summed E-state index contributed by atoms with van der Waals surface area (Å²) in [5.41, 5.74) is 0.753. The van der Waals surface area contributed by atoms with Gasteiger partial charge in [0.05, 0.1) is 29.2 Å². The van der Waals surface area contributed by atoms with Gasteiger partial charge in [-0.2, -0.15) is 0 Å². The topological polar surface area (TPSA) is 87.2 Å². The Bertz CT molecular complexity index is 1410. The summed E-state index contributed by atoms with van der Waals surface area (Å²) < 4.78 is 3.84. The second-order valence-corrected chi connectivity index (χ2v) is 13.1. The first-order chi connectivity index (χ1) is 18.8. The van der Waals surface area contributed by atoms with Crippen LogP contribution in [0.15, 0.2) is 66.8 Å². The molecular weight excluding hydrogens is 512 g/mol. The highest BCUT2D eigenvalue weighted by Crippen LogP contribution is 2.66. The number of amides is 2. The van der Waals surface area contributed by atoms with Gasteiger partial charge in [0.25, 0.3) is 5.91 Å². The van der Waals surface area contributed by atoms with E-state index < -0.39 is 39.4 Å². The average Bonchev–Trinajstić information content (AvgIpc) is 3.19. The molecule has 0 bridgehead atoms. The third kappa shape index (κ3) is 3.79. The SMILES string of the molecule is CC[C@H](C)[C@H](CO)N1C(=O)[C@@H]2[C@@H]3C(=O)OCC=C[C@]3(C)S[C@@]23C=CCN(c2ccc4ccccc4c2)C(=O)C13. The van der Waals surface area contributed by atoms with E-state index in [1.54, 1.807) is 9.80 Å². The van der Waals surface area contributed by atoms with Crippen molar-refractivity contribution in [3.8, 4) is 0 Å². The summed E-state index contributed by atoms with van der Waals surface area (Å²) in [7, 11) is 0. The Kier molecular flexibility index (Phi) is 6.38. The van der Waals surface area contributed by atoms with Gasteiger partial charge in [-0.25, -0.2) is 0 Å². The molecule has 4 aliphatic rings. The predicted molar refractivity (Wildman–Crippen MR) is 152 cm³/mol. The summed E-state index contributed by atoms with van der Waals surface area (Å²) in [6.07, 6.45) is 8.49. The summed E-state index contributed by atoms with van der Waals surface area (Å²) in [4.78, 5) is 45.9. The van der Waals surface area contributed by atoms with E-state index in [4.69, 9.17) is 4.74 Å². The number of ether oxygens (including phenoxy) is 1. The number of aliphatic hydroxyl groups excluding tert-OH is 1. The highest BCUT2D eigenvalue weighted by Gasteiger charge is 2.74. The Labute approximate surface area is 232 Å². The number of anilines is 1. The van der Waals surface area contributed by atoms with E-state index in [9.17, 15) is 19.5 Å². The van der Waals surface area contributed by atoms with E-state index in [0.717, 1.165) is 22.9 Å². The summed E-state index contributed by atoms with van der Waals surface area (Å²) in [5, 5.41) is 12.6. The third-order valence-corrected chi connectivity index (χ3v) is 10.9. The number of benzene rings is 2. The van der Waals surface area contributed by atoms with Crippen molar-refractivity contribution in [3.05, 3.63) is 66.8 Å². The minimum Gasteiger partial charge on any atom is -0.461 e. The fourth-order valence-electron chi connectivity index (χ4n) is 7.04. The molecule has 4 heterocycles. The fraction of sp³-hybridized carbons (Fsp3) is 0.452. The van der Waals surface area contributed by atoms with Crippen LogP contribution in [0.3, 0.4) is 0 Å². The van der Waals surface area contributed by atoms with Crippen LogP contribution in [-0.4, -0.2) is 69.1 Å². The van der Waals surface area contributed by atoms with Gasteiger partial charge in [-0.3, -0.25) is 14.4 Å². The molecule has 1 unspecified atom stereocenters. The van der Waals surface area contributed by atoms with E-state index in [-0.39, 0.29) is 30.9 Å². The minimum absolute atomic E-state index is 0.0404. The number of likely N-dealkylation sites (tertiary alicyclic amines) is 1. The zero-order valence-corrected chi connectivity index (χ0v) is 23.3. The summed E-state index contributed by atoms with van der Waals surface area (Å²) in [6.45, 7) is 6.23. The van der Waals surface area contributed by atoms with E-state index in [0.29, 0.717) is 6.54 Å². The lowest BCUT2D eigenvalue weighted by molar-refractivity contribution is -0.153. The zero-order valence-electron chi connectivity index (χ0n) is 22.4. The number of hydrogen-bond donors (Lipinski definition) is 1. The Hall–Kier alpha value is -3.10. The van der Waals surface area contributed by atoms with Crippen LogP contribution >= 0.6 is 11.8 Å². The molecule has 0 saturated carbocycles. The maximum Gasteiger partial charge on any atom is 0.311 e. The van der Waals surface area contributed by atoms with Gasteiger partial charge in [-0.05, 0) is 41.8 Å². The molecule has 8 heteroatoms. The molecule has 0 aromatic heterocycles. The van der Waals surface area contributed by atoms with E-state index in [1.165, 1.54) is 11.8 Å². The molecule has 2 amide bonds. The Morgan fingerprint density at radius 1 is 1.05 bits per heavy atom. The zero-order chi connectivity index (χ0) is 27.5. The largest absolute Gasteiger partial charge is 0.461 e. The molecule has 0 aliphatic carbocycles. The van der Waals surface area contributed by atoms with Crippen LogP contribution in [0.5, 0.6) is 0 Å². The first kappa shape index (κ1) is 26.1. The number of nitrogens with zero attached hydrogens (tertiary/aromatic N) is 2. The van der Waals surface area contributed by atoms with Gasteiger partial charge in [0.2, 0.25) is 5.91 Å². The van der Waals surface area contributed by atoms with Gasteiger partial charge in [-0.1, -0.05) is 68.8 Å². The van der Waals surface area contributed by atoms with Crippen LogP contribution < -0.4 is 4.90 Å². The Balaban J connectivity index is 1.52. The fourth-order valence-corrected chi connectivity index (χ4v) is 9.18. The van der Waals surface area contributed by atoms with Gasteiger partial charge in [0, 0.05) is 17.0 Å². The number of carbonyl (C=O) groups excluding carboxylic acids is 3. The molecule has 2 aromatic rings. The average molecular weight is 547 g/mol. The second-order valence-electron chi connectivity index (χ2n) is 11.3. The van der Waals surface area contributed by atoms with Crippen LogP contribution in [0.2, 0.25) is 0 Å². The van der Waals surface area contributed by atoms with Crippen LogP contribution in [-0.2, 0) is 19.1 Å². The molecule has 1 N–H and O–H groups in total. The van der Waals surface area contributed by atoms with Crippen molar-refractivity contribution in [2.45, 2.75) is 48.8 Å². The number of fused-ring (bicyclic) bond motifs is 3. The lowest BCUT2D eigenvalue weighted by Crippen LogP contribution is -2.58. The maximum absolute atomic E-state index is 14.7. The normalized spacial score (nSPS) is 33.3. The van der Waals surface area contributed by atoms with Crippen molar-refractivity contribution in [2.75, 3.05) is 24.7 Å². The van der Waals surface area contributed by atoms with Crippen molar-refractivity contribution in [2.24, 2.45) is 17.8 Å². The Morgan fingerprint density at radius 2 is 1.82 bits per heavy atom. The number of esters is 1. The molecule has 6 rings (SSSR count). The highest BCUT2D eigenvalue weighted by atomic mass is 32.2. The molecule has 2 fully saturated rings. The molecule has 2 aromatic carbocycles. The van der Waals surface area contributed by atoms with Gasteiger partial charge in [0.15, 0.2) is 0 Å². The number of aliphatic hydroxyl groups is 1. The summed E-state index contributed by atoms with van der Waals surface area (Å²) in [6, 6.07) is 12.5. The van der Waals surface area contributed by atoms with E-state index in [1.807, 2.05) is 87.5 Å². The number of cyclic esters (lactones) is 1. The van der Waals surface area contributed by atoms with Crippen molar-refractivity contribution in [3.63, 3.8) is 0 Å². The summed E-state index contributed by atoms with van der Waals surface area (Å²) in [5.74, 6) is -2.42. The first-order valence-corrected chi connectivity index (χ1v) is 14.5. The lowest BCUT2D eigenvalue weighted by atomic mass is 9.75. The van der Waals surface area contributed by atoms with Crippen LogP contribution in [0.25, 0.3) is 10.8 Å². The van der Waals surface area contributed by atoms with E-state index in [2.05, 4.69) is 0 Å². The van der Waals surface area contributed by atoms with Crippen LogP contribution in [0.1, 0.15) is 27.2 Å². The van der Waals surface area contributed by atoms with Crippen molar-refractivity contribution >= 4 is 46.0 Å². The first-order valence-electron chi connectivity index (χ1n) is 13.7. The van der Waals surface area contributed by atoms with E-state index >= 15 is 0 Å². The quantitative estimate of drug-likeness (QED) is 0.452. The molecular formula is C31H34N2O5S. The molecule has 7 nitrogen and oxygen atoms in total. The lowest BCUT2D eigenvalue weighted by Gasteiger charge is -2.41. The third-order valence-electron chi connectivity index (χ3n) is 9.14. The number of carbonyl (C=O) groups is 3. The molecule has 39 heavy (non-hydrogen) atoms. The molecule has 1 spiro atoms. The molecule has 2 saturated heterocycles. The van der Waals surface area contributed by atoms with Gasteiger partial charge >= 0.3 is 5.97 Å². The van der Waals surface area contributed by atoms with Gasteiger partial charge in [0.1, 0.15) is 12.6 Å². The standard InChI is InChI=1S/C31H34N2O5S/c1-4-19(2)23(18-34)33-26-28(36)32(22-12-11-20-9-5-6-10-21(20)17-22)15-7-14-31(26)24(27(33)35)25-29(37)38-16-8-13-30(25,3)39-31/h5-14,17,19,23-26,34H,4,15-16,18H2,1-3H3/t19-,23-,24-,25+,26?,30-,31-/m0/s1. The smallest absolute Gasteiger partial charge is 0.311 e. The maximum atomic E-state index is 14.7. The van der Waals surface area contributed by atoms with Gasteiger partial charge < -0.3 is 19.6 Å². The van der Waals surface area contributed by atoms with Crippen molar-refractivity contribution in [1.29, 1.82) is 0 Å². The molecule has 204 valence electrons. The molecule has 4 aliphatic heterocycles. The minimum atomic E-state index is -0.971. The molecule has 7 atom stereocenters.